The average Bonchev–Trinajstić information content (AvgIpc) is 2.33. The van der Waals surface area contributed by atoms with Crippen LogP contribution in [0.4, 0.5) is 0 Å². The summed E-state index contributed by atoms with van der Waals surface area (Å²) in [6.07, 6.45) is 3.99. The lowest BCUT2D eigenvalue weighted by Gasteiger charge is -2.08. The fourth-order valence-electron chi connectivity index (χ4n) is 1.33. The Bertz CT molecular complexity index is 242. The molecule has 0 aliphatic heterocycles. The summed E-state index contributed by atoms with van der Waals surface area (Å²) < 4.78 is 5.32. The molecule has 18 heavy (non-hydrogen) atoms. The third-order valence-corrected chi connectivity index (χ3v) is 2.33. The van der Waals surface area contributed by atoms with Crippen LogP contribution in [0.1, 0.15) is 46.5 Å². The van der Waals surface area contributed by atoms with E-state index >= 15 is 0 Å². The summed E-state index contributed by atoms with van der Waals surface area (Å²) in [7, 11) is 0. The molecule has 2 N–H and O–H groups in total. The highest BCUT2D eigenvalue weighted by Gasteiger charge is 2.11. The summed E-state index contributed by atoms with van der Waals surface area (Å²) in [6.45, 7) is 7.64. The monoisotopic (exact) mass is 258 g/mol. The SMILES string of the molecule is CCCCCNC(=O)C(=O)NCCCOC(C)C. The standard InChI is InChI=1S/C13H26N2O3/c1-4-5-6-8-14-12(16)13(17)15-9-7-10-18-11(2)3/h11H,4-10H2,1-3H3,(H,14,16)(H,15,17). The Hall–Kier alpha value is -1.10. The zero-order valence-electron chi connectivity index (χ0n) is 11.8. The number of nitrogens with one attached hydrogen (secondary N) is 2. The number of hydrogen-bond acceptors (Lipinski definition) is 3. The minimum atomic E-state index is -0.559. The third-order valence-electron chi connectivity index (χ3n) is 2.33. The van der Waals surface area contributed by atoms with Crippen LogP contribution >= 0.6 is 0 Å². The van der Waals surface area contributed by atoms with E-state index in [0.717, 1.165) is 19.3 Å². The third kappa shape index (κ3) is 10.1. The molecule has 0 saturated carbocycles. The molecule has 2 amide bonds. The maximum Gasteiger partial charge on any atom is 0.309 e. The fraction of sp³-hybridized carbons (Fsp3) is 0.846. The molecule has 0 unspecified atom stereocenters. The lowest BCUT2D eigenvalue weighted by Crippen LogP contribution is -2.40. The molecule has 0 aromatic rings. The topological polar surface area (TPSA) is 67.4 Å². The lowest BCUT2D eigenvalue weighted by atomic mass is 10.2. The molecule has 0 saturated heterocycles. The normalized spacial score (nSPS) is 10.4. The van der Waals surface area contributed by atoms with Crippen molar-refractivity contribution in [2.75, 3.05) is 19.7 Å². The Morgan fingerprint density at radius 2 is 1.56 bits per heavy atom. The van der Waals surface area contributed by atoms with E-state index in [1.54, 1.807) is 0 Å². The van der Waals surface area contributed by atoms with E-state index < -0.39 is 11.8 Å². The number of ether oxygens (including phenoxy) is 1. The molecule has 0 atom stereocenters. The number of carbonyl (C=O) groups excluding carboxylic acids is 2. The van der Waals surface area contributed by atoms with Crippen molar-refractivity contribution in [1.29, 1.82) is 0 Å². The van der Waals surface area contributed by atoms with Crippen LogP contribution in [0.15, 0.2) is 0 Å². The highest BCUT2D eigenvalue weighted by atomic mass is 16.5. The van der Waals surface area contributed by atoms with Crippen LogP contribution < -0.4 is 10.6 Å². The van der Waals surface area contributed by atoms with Crippen LogP contribution in [-0.2, 0) is 14.3 Å². The summed E-state index contributed by atoms with van der Waals surface area (Å²) >= 11 is 0. The summed E-state index contributed by atoms with van der Waals surface area (Å²) in [4.78, 5) is 22.7. The van der Waals surface area contributed by atoms with Crippen LogP contribution in [-0.4, -0.2) is 37.6 Å². The first-order valence-electron chi connectivity index (χ1n) is 6.75. The number of rotatable bonds is 9. The van der Waals surface area contributed by atoms with E-state index in [1.165, 1.54) is 0 Å². The van der Waals surface area contributed by atoms with Gasteiger partial charge in [0.1, 0.15) is 0 Å². The maximum atomic E-state index is 11.3. The summed E-state index contributed by atoms with van der Waals surface area (Å²) in [6, 6.07) is 0. The van der Waals surface area contributed by atoms with Crippen molar-refractivity contribution in [2.24, 2.45) is 0 Å². The van der Waals surface area contributed by atoms with Crippen molar-refractivity contribution < 1.29 is 14.3 Å². The molecule has 0 rings (SSSR count). The van der Waals surface area contributed by atoms with Crippen LogP contribution in [0.2, 0.25) is 0 Å². The molecule has 0 bridgehead atoms. The van der Waals surface area contributed by atoms with Gasteiger partial charge < -0.3 is 15.4 Å². The molecule has 0 spiro atoms. The molecule has 5 heteroatoms. The van der Waals surface area contributed by atoms with E-state index in [2.05, 4.69) is 17.6 Å². The fourth-order valence-corrected chi connectivity index (χ4v) is 1.33. The molecule has 106 valence electrons. The van der Waals surface area contributed by atoms with Gasteiger partial charge in [-0.1, -0.05) is 19.8 Å². The van der Waals surface area contributed by atoms with Crippen LogP contribution in [0.3, 0.4) is 0 Å². The predicted molar refractivity (Wildman–Crippen MR) is 71.2 cm³/mol. The number of unbranched alkanes of at least 4 members (excludes halogenated alkanes) is 2. The molecule has 0 aromatic heterocycles. The minimum absolute atomic E-state index is 0.197. The first-order chi connectivity index (χ1) is 8.57. The highest BCUT2D eigenvalue weighted by Crippen LogP contribution is 1.91. The molecular weight excluding hydrogens is 232 g/mol. The molecule has 0 radical (unpaired) electrons. The van der Waals surface area contributed by atoms with Gasteiger partial charge in [0.05, 0.1) is 6.10 Å². The molecule has 0 aromatic carbocycles. The van der Waals surface area contributed by atoms with Crippen molar-refractivity contribution in [1.82, 2.24) is 10.6 Å². The second-order valence-electron chi connectivity index (χ2n) is 4.49. The van der Waals surface area contributed by atoms with E-state index in [4.69, 9.17) is 4.74 Å². The largest absolute Gasteiger partial charge is 0.379 e. The van der Waals surface area contributed by atoms with E-state index in [-0.39, 0.29) is 6.10 Å². The zero-order valence-corrected chi connectivity index (χ0v) is 11.8. The van der Waals surface area contributed by atoms with Gasteiger partial charge in [-0.2, -0.15) is 0 Å². The Morgan fingerprint density at radius 1 is 1.00 bits per heavy atom. The quantitative estimate of drug-likeness (QED) is 0.483. The summed E-state index contributed by atoms with van der Waals surface area (Å²) in [5.41, 5.74) is 0. The second-order valence-corrected chi connectivity index (χ2v) is 4.49. The summed E-state index contributed by atoms with van der Waals surface area (Å²) in [5.74, 6) is -1.10. The Balaban J connectivity index is 3.47. The van der Waals surface area contributed by atoms with Crippen LogP contribution in [0.25, 0.3) is 0 Å². The lowest BCUT2D eigenvalue weighted by molar-refractivity contribution is -0.139. The number of hydrogen-bond donors (Lipinski definition) is 2. The minimum Gasteiger partial charge on any atom is -0.379 e. The van der Waals surface area contributed by atoms with Gasteiger partial charge in [-0.15, -0.1) is 0 Å². The van der Waals surface area contributed by atoms with Gasteiger partial charge in [0.15, 0.2) is 0 Å². The van der Waals surface area contributed by atoms with Crippen molar-refractivity contribution in [3.8, 4) is 0 Å². The van der Waals surface area contributed by atoms with Gasteiger partial charge in [0.2, 0.25) is 0 Å². The van der Waals surface area contributed by atoms with Gasteiger partial charge in [0, 0.05) is 19.7 Å². The predicted octanol–water partition coefficient (Wildman–Crippen LogP) is 1.22. The molecule has 0 heterocycles. The van der Waals surface area contributed by atoms with Crippen molar-refractivity contribution in [3.05, 3.63) is 0 Å². The molecule has 5 nitrogen and oxygen atoms in total. The van der Waals surface area contributed by atoms with Crippen LogP contribution in [0, 0.1) is 0 Å². The maximum absolute atomic E-state index is 11.3. The van der Waals surface area contributed by atoms with Gasteiger partial charge in [-0.05, 0) is 26.7 Å². The second kappa shape index (κ2) is 11.0. The molecular formula is C13H26N2O3. The van der Waals surface area contributed by atoms with E-state index in [0.29, 0.717) is 26.1 Å². The molecule has 0 aliphatic rings. The Morgan fingerprint density at radius 3 is 2.06 bits per heavy atom. The Labute approximate surface area is 110 Å². The number of amides is 2. The number of carbonyl (C=O) groups is 2. The van der Waals surface area contributed by atoms with Gasteiger partial charge in [-0.3, -0.25) is 9.59 Å². The first kappa shape index (κ1) is 16.9. The van der Waals surface area contributed by atoms with Crippen molar-refractivity contribution in [2.45, 2.75) is 52.6 Å². The van der Waals surface area contributed by atoms with Gasteiger partial charge in [0.25, 0.3) is 0 Å². The van der Waals surface area contributed by atoms with E-state index in [9.17, 15) is 9.59 Å². The van der Waals surface area contributed by atoms with Crippen molar-refractivity contribution >= 4 is 11.8 Å². The molecule has 0 fully saturated rings. The highest BCUT2D eigenvalue weighted by molar-refractivity contribution is 6.35. The summed E-state index contributed by atoms with van der Waals surface area (Å²) in [5, 5.41) is 5.16. The smallest absolute Gasteiger partial charge is 0.309 e. The Kier molecular flexibility index (Phi) is 10.3. The van der Waals surface area contributed by atoms with E-state index in [1.807, 2.05) is 13.8 Å². The zero-order chi connectivity index (χ0) is 13.8. The average molecular weight is 258 g/mol. The van der Waals surface area contributed by atoms with Gasteiger partial charge >= 0.3 is 11.8 Å². The first-order valence-corrected chi connectivity index (χ1v) is 6.75. The van der Waals surface area contributed by atoms with Crippen molar-refractivity contribution in [3.63, 3.8) is 0 Å². The van der Waals surface area contributed by atoms with Gasteiger partial charge in [-0.25, -0.2) is 0 Å². The van der Waals surface area contributed by atoms with Crippen LogP contribution in [0.5, 0.6) is 0 Å². The molecule has 0 aliphatic carbocycles.